The summed E-state index contributed by atoms with van der Waals surface area (Å²) >= 11 is 0. The monoisotopic (exact) mass is 197 g/mol. The smallest absolute Gasteiger partial charge is 0.159 e. The van der Waals surface area contributed by atoms with E-state index in [1.165, 1.54) is 12.1 Å². The fraction of sp³-hybridized carbons (Fsp3) is 0.400. The molecule has 0 radical (unpaired) electrons. The van der Waals surface area contributed by atoms with Crippen LogP contribution in [0.2, 0.25) is 0 Å². The normalized spacial score (nSPS) is 10.1. The van der Waals surface area contributed by atoms with Gasteiger partial charge in [-0.25, -0.2) is 0 Å². The number of phenols is 2. The molecule has 0 amide bonds. The molecule has 0 saturated heterocycles. The average Bonchev–Trinajstić information content (AvgIpc) is 2.19. The number of anilines is 1. The highest BCUT2D eigenvalue weighted by Gasteiger charge is 2.06. The third kappa shape index (κ3) is 2.29. The van der Waals surface area contributed by atoms with Gasteiger partial charge in [-0.2, -0.15) is 0 Å². The number of nitrogens with zero attached hydrogens (tertiary/aromatic N) is 1. The molecule has 4 heteroatoms. The maximum absolute atomic E-state index is 9.27. The lowest BCUT2D eigenvalue weighted by atomic mass is 10.2. The van der Waals surface area contributed by atoms with Crippen LogP contribution < -0.4 is 4.90 Å². The summed E-state index contributed by atoms with van der Waals surface area (Å²) in [5.41, 5.74) is 0.789. The van der Waals surface area contributed by atoms with Crippen molar-refractivity contribution in [2.75, 3.05) is 24.6 Å². The molecule has 0 aromatic heterocycles. The van der Waals surface area contributed by atoms with E-state index in [0.717, 1.165) is 12.2 Å². The maximum Gasteiger partial charge on any atom is 0.159 e. The van der Waals surface area contributed by atoms with Crippen molar-refractivity contribution in [3.63, 3.8) is 0 Å². The fourth-order valence-electron chi connectivity index (χ4n) is 1.30. The minimum atomic E-state index is -0.140. The first-order valence-electron chi connectivity index (χ1n) is 4.56. The minimum Gasteiger partial charge on any atom is -0.504 e. The number of benzene rings is 1. The Kier molecular flexibility index (Phi) is 3.59. The van der Waals surface area contributed by atoms with Crippen LogP contribution in [0.25, 0.3) is 0 Å². The first-order chi connectivity index (χ1) is 6.69. The molecule has 0 atom stereocenters. The SMILES string of the molecule is CCN(CCO)c1ccc(O)c(O)c1. The zero-order valence-corrected chi connectivity index (χ0v) is 8.14. The van der Waals surface area contributed by atoms with E-state index >= 15 is 0 Å². The molecule has 0 unspecified atom stereocenters. The van der Waals surface area contributed by atoms with Crippen LogP contribution in [0.4, 0.5) is 5.69 Å². The van der Waals surface area contributed by atoms with Gasteiger partial charge in [0.1, 0.15) is 0 Å². The summed E-state index contributed by atoms with van der Waals surface area (Å²) in [5.74, 6) is -0.271. The number of aliphatic hydroxyl groups excluding tert-OH is 1. The molecule has 0 heterocycles. The molecular weight excluding hydrogens is 182 g/mol. The number of aliphatic hydroxyl groups is 1. The highest BCUT2D eigenvalue weighted by molar-refractivity contribution is 5.55. The van der Waals surface area contributed by atoms with Gasteiger partial charge >= 0.3 is 0 Å². The Hall–Kier alpha value is -1.42. The quantitative estimate of drug-likeness (QED) is 0.628. The number of phenolic OH excluding ortho intramolecular Hbond substituents is 2. The van der Waals surface area contributed by atoms with Gasteiger partial charge < -0.3 is 20.2 Å². The lowest BCUT2D eigenvalue weighted by Crippen LogP contribution is -2.25. The molecule has 4 nitrogen and oxygen atoms in total. The number of hydrogen-bond acceptors (Lipinski definition) is 4. The van der Waals surface area contributed by atoms with E-state index in [2.05, 4.69) is 0 Å². The predicted molar refractivity (Wildman–Crippen MR) is 54.7 cm³/mol. The van der Waals surface area contributed by atoms with E-state index in [4.69, 9.17) is 10.2 Å². The van der Waals surface area contributed by atoms with Crippen molar-refractivity contribution in [3.8, 4) is 11.5 Å². The van der Waals surface area contributed by atoms with Gasteiger partial charge in [-0.15, -0.1) is 0 Å². The Morgan fingerprint density at radius 3 is 2.43 bits per heavy atom. The molecule has 0 bridgehead atoms. The van der Waals surface area contributed by atoms with Gasteiger partial charge in [-0.1, -0.05) is 0 Å². The predicted octanol–water partition coefficient (Wildman–Crippen LogP) is 0.916. The van der Waals surface area contributed by atoms with Gasteiger partial charge in [-0.3, -0.25) is 0 Å². The van der Waals surface area contributed by atoms with Gasteiger partial charge in [0.25, 0.3) is 0 Å². The number of likely N-dealkylation sites (N-methyl/N-ethyl adjacent to an activating group) is 1. The van der Waals surface area contributed by atoms with Gasteiger partial charge in [0.15, 0.2) is 11.5 Å². The van der Waals surface area contributed by atoms with Crippen LogP contribution in [0.3, 0.4) is 0 Å². The number of hydrogen-bond donors (Lipinski definition) is 3. The van der Waals surface area contributed by atoms with E-state index in [1.807, 2.05) is 11.8 Å². The topological polar surface area (TPSA) is 63.9 Å². The Labute approximate surface area is 83.0 Å². The van der Waals surface area contributed by atoms with Crippen LogP contribution in [0.1, 0.15) is 6.92 Å². The molecule has 1 aromatic rings. The summed E-state index contributed by atoms with van der Waals surface area (Å²) < 4.78 is 0. The zero-order valence-electron chi connectivity index (χ0n) is 8.14. The Morgan fingerprint density at radius 1 is 1.21 bits per heavy atom. The highest BCUT2D eigenvalue weighted by atomic mass is 16.3. The molecule has 1 aromatic carbocycles. The third-order valence-corrected chi connectivity index (χ3v) is 2.08. The van der Waals surface area contributed by atoms with E-state index in [-0.39, 0.29) is 18.1 Å². The van der Waals surface area contributed by atoms with Crippen molar-refractivity contribution in [1.29, 1.82) is 0 Å². The van der Waals surface area contributed by atoms with Crippen molar-refractivity contribution in [3.05, 3.63) is 18.2 Å². The molecule has 1 rings (SSSR count). The summed E-state index contributed by atoms with van der Waals surface area (Å²) in [6, 6.07) is 4.62. The lowest BCUT2D eigenvalue weighted by molar-refractivity contribution is 0.302. The first-order valence-corrected chi connectivity index (χ1v) is 4.56. The Morgan fingerprint density at radius 2 is 1.93 bits per heavy atom. The maximum atomic E-state index is 9.27. The number of rotatable bonds is 4. The molecule has 0 saturated carbocycles. The van der Waals surface area contributed by atoms with Crippen molar-refractivity contribution < 1.29 is 15.3 Å². The Balaban J connectivity index is 2.88. The van der Waals surface area contributed by atoms with E-state index in [1.54, 1.807) is 6.07 Å². The van der Waals surface area contributed by atoms with Crippen LogP contribution in [-0.2, 0) is 0 Å². The van der Waals surface area contributed by atoms with Gasteiger partial charge in [0, 0.05) is 24.8 Å². The standard InChI is InChI=1S/C10H15NO3/c1-2-11(5-6-12)8-3-4-9(13)10(14)7-8/h3-4,7,12-14H,2,5-6H2,1H3. The fourth-order valence-corrected chi connectivity index (χ4v) is 1.30. The van der Waals surface area contributed by atoms with Crippen LogP contribution in [-0.4, -0.2) is 35.0 Å². The Bertz CT molecular complexity index is 301. The second-order valence-electron chi connectivity index (χ2n) is 2.98. The minimum absolute atomic E-state index is 0.0650. The van der Waals surface area contributed by atoms with Crippen LogP contribution in [0, 0.1) is 0 Å². The van der Waals surface area contributed by atoms with E-state index in [0.29, 0.717) is 6.54 Å². The van der Waals surface area contributed by atoms with Crippen molar-refractivity contribution >= 4 is 5.69 Å². The van der Waals surface area contributed by atoms with Crippen LogP contribution in [0.15, 0.2) is 18.2 Å². The third-order valence-electron chi connectivity index (χ3n) is 2.08. The molecule has 0 aliphatic heterocycles. The van der Waals surface area contributed by atoms with Gasteiger partial charge in [0.2, 0.25) is 0 Å². The molecule has 0 fully saturated rings. The number of aromatic hydroxyl groups is 2. The molecule has 78 valence electrons. The summed E-state index contributed by atoms with van der Waals surface area (Å²) in [5, 5.41) is 27.2. The first kappa shape index (κ1) is 10.7. The zero-order chi connectivity index (χ0) is 10.6. The van der Waals surface area contributed by atoms with Crippen molar-refractivity contribution in [1.82, 2.24) is 0 Å². The highest BCUT2D eigenvalue weighted by Crippen LogP contribution is 2.29. The molecular formula is C10H15NO3. The summed E-state index contributed by atoms with van der Waals surface area (Å²) in [4.78, 5) is 1.90. The molecule has 3 N–H and O–H groups in total. The van der Waals surface area contributed by atoms with Gasteiger partial charge in [0.05, 0.1) is 6.61 Å². The summed E-state index contributed by atoms with van der Waals surface area (Å²) in [6.45, 7) is 3.28. The van der Waals surface area contributed by atoms with Crippen molar-refractivity contribution in [2.45, 2.75) is 6.92 Å². The van der Waals surface area contributed by atoms with Gasteiger partial charge in [-0.05, 0) is 19.1 Å². The second-order valence-corrected chi connectivity index (χ2v) is 2.98. The average molecular weight is 197 g/mol. The summed E-state index contributed by atoms with van der Waals surface area (Å²) in [7, 11) is 0. The molecule has 0 aliphatic carbocycles. The molecule has 0 spiro atoms. The molecule has 14 heavy (non-hydrogen) atoms. The largest absolute Gasteiger partial charge is 0.504 e. The molecule has 0 aliphatic rings. The summed E-state index contributed by atoms with van der Waals surface area (Å²) in [6.07, 6.45) is 0. The van der Waals surface area contributed by atoms with E-state index < -0.39 is 0 Å². The second kappa shape index (κ2) is 4.72. The van der Waals surface area contributed by atoms with Crippen molar-refractivity contribution in [2.24, 2.45) is 0 Å². The van der Waals surface area contributed by atoms with Crippen LogP contribution >= 0.6 is 0 Å². The lowest BCUT2D eigenvalue weighted by Gasteiger charge is -2.22. The van der Waals surface area contributed by atoms with Crippen LogP contribution in [0.5, 0.6) is 11.5 Å². The van der Waals surface area contributed by atoms with E-state index in [9.17, 15) is 5.11 Å².